The van der Waals surface area contributed by atoms with Gasteiger partial charge in [-0.15, -0.1) is 0 Å². The lowest BCUT2D eigenvalue weighted by Gasteiger charge is -2.10. The van der Waals surface area contributed by atoms with E-state index in [9.17, 15) is 4.79 Å². The van der Waals surface area contributed by atoms with Crippen LogP contribution in [0, 0.1) is 6.92 Å². The average molecular weight is 313 g/mol. The quantitative estimate of drug-likeness (QED) is 0.709. The summed E-state index contributed by atoms with van der Waals surface area (Å²) in [4.78, 5) is 20.8. The fourth-order valence-corrected chi connectivity index (χ4v) is 2.66. The number of halogens is 1. The van der Waals surface area contributed by atoms with Crippen molar-refractivity contribution in [3.05, 3.63) is 58.1 Å². The van der Waals surface area contributed by atoms with E-state index < -0.39 is 0 Å². The first-order chi connectivity index (χ1) is 10.5. The number of rotatable bonds is 2. The normalized spacial score (nSPS) is 10.8. The molecule has 0 fully saturated rings. The average Bonchev–Trinajstić information content (AvgIpc) is 2.46. The van der Waals surface area contributed by atoms with E-state index in [1.165, 1.54) is 0 Å². The maximum absolute atomic E-state index is 12.7. The lowest BCUT2D eigenvalue weighted by atomic mass is 9.96. The lowest BCUT2D eigenvalue weighted by molar-refractivity contribution is 0.103. The zero-order valence-electron chi connectivity index (χ0n) is 11.8. The van der Waals surface area contributed by atoms with Gasteiger partial charge in [-0.2, -0.15) is 4.98 Å². The minimum absolute atomic E-state index is 0.110. The first-order valence-corrected chi connectivity index (χ1v) is 6.97. The van der Waals surface area contributed by atoms with Crippen LogP contribution in [0.2, 0.25) is 5.02 Å². The molecule has 1 heterocycles. The van der Waals surface area contributed by atoms with Gasteiger partial charge in [0.25, 0.3) is 0 Å². The second-order valence-electron chi connectivity index (χ2n) is 4.94. The summed E-state index contributed by atoms with van der Waals surface area (Å²) < 4.78 is 0. The molecule has 0 atom stereocenters. The van der Waals surface area contributed by atoms with Crippen LogP contribution in [0.15, 0.2) is 36.4 Å². The Kier molecular flexibility index (Phi) is 3.42. The number of aryl methyl sites for hydroxylation is 1. The molecular weight excluding hydrogens is 300 g/mol. The summed E-state index contributed by atoms with van der Waals surface area (Å²) in [6.07, 6.45) is 0. The summed E-state index contributed by atoms with van der Waals surface area (Å²) in [5.74, 6) is 0.247. The van der Waals surface area contributed by atoms with Crippen LogP contribution in [0.25, 0.3) is 10.9 Å². The minimum atomic E-state index is -0.127. The molecule has 0 aliphatic rings. The number of nitrogens with two attached hydrogens (primary N) is 2. The fraction of sp³-hybridized carbons (Fsp3) is 0.0625. The number of ketones is 1. The Bertz CT molecular complexity index is 908. The molecule has 110 valence electrons. The van der Waals surface area contributed by atoms with Gasteiger partial charge in [0.2, 0.25) is 5.95 Å². The Morgan fingerprint density at radius 2 is 1.91 bits per heavy atom. The molecule has 6 heteroatoms. The number of fused-ring (bicyclic) bond motifs is 1. The number of carbonyl (C=O) groups is 1. The monoisotopic (exact) mass is 312 g/mol. The zero-order chi connectivity index (χ0) is 15.9. The van der Waals surface area contributed by atoms with Gasteiger partial charge in [0.05, 0.1) is 5.52 Å². The summed E-state index contributed by atoms with van der Waals surface area (Å²) in [6.45, 7) is 1.82. The van der Waals surface area contributed by atoms with E-state index in [1.54, 1.807) is 36.4 Å². The Morgan fingerprint density at radius 3 is 2.64 bits per heavy atom. The molecule has 0 spiro atoms. The third-order valence-electron chi connectivity index (χ3n) is 3.50. The molecule has 4 N–H and O–H groups in total. The van der Waals surface area contributed by atoms with Crippen LogP contribution in [0.5, 0.6) is 0 Å². The molecule has 0 amide bonds. The lowest BCUT2D eigenvalue weighted by Crippen LogP contribution is -2.07. The molecule has 5 nitrogen and oxygen atoms in total. The Hall–Kier alpha value is -2.66. The summed E-state index contributed by atoms with van der Waals surface area (Å²) in [5, 5.41) is 1.15. The molecular formula is C16H13ClN4O. The van der Waals surface area contributed by atoms with Gasteiger partial charge in [0.1, 0.15) is 5.82 Å². The topological polar surface area (TPSA) is 94.9 Å². The van der Waals surface area contributed by atoms with E-state index >= 15 is 0 Å². The Labute approximate surface area is 131 Å². The van der Waals surface area contributed by atoms with Crippen molar-refractivity contribution in [3.63, 3.8) is 0 Å². The molecule has 3 aromatic rings. The Morgan fingerprint density at radius 1 is 1.14 bits per heavy atom. The van der Waals surface area contributed by atoms with Crippen LogP contribution in [0.4, 0.5) is 11.8 Å². The number of nitrogens with zero attached hydrogens (tertiary/aromatic N) is 2. The van der Waals surface area contributed by atoms with Crippen molar-refractivity contribution in [3.8, 4) is 0 Å². The minimum Gasteiger partial charge on any atom is -0.383 e. The van der Waals surface area contributed by atoms with Crippen LogP contribution < -0.4 is 11.5 Å². The Balaban J connectivity index is 2.20. The van der Waals surface area contributed by atoms with Gasteiger partial charge in [0.15, 0.2) is 5.78 Å². The van der Waals surface area contributed by atoms with Crippen molar-refractivity contribution in [2.24, 2.45) is 0 Å². The number of nitrogen functional groups attached to an aromatic ring is 2. The van der Waals surface area contributed by atoms with Crippen molar-refractivity contribution in [1.82, 2.24) is 9.97 Å². The maximum atomic E-state index is 12.7. The predicted molar refractivity (Wildman–Crippen MR) is 88.0 cm³/mol. The number of anilines is 2. The summed E-state index contributed by atoms with van der Waals surface area (Å²) in [7, 11) is 0. The molecule has 0 aliphatic heterocycles. The highest BCUT2D eigenvalue weighted by Crippen LogP contribution is 2.27. The van der Waals surface area contributed by atoms with Gasteiger partial charge in [-0.05, 0) is 36.8 Å². The van der Waals surface area contributed by atoms with Gasteiger partial charge >= 0.3 is 0 Å². The first kappa shape index (κ1) is 14.3. The highest BCUT2D eigenvalue weighted by atomic mass is 35.5. The first-order valence-electron chi connectivity index (χ1n) is 6.60. The molecule has 2 aromatic carbocycles. The van der Waals surface area contributed by atoms with Crippen LogP contribution in [0.1, 0.15) is 21.5 Å². The molecule has 0 unspecified atom stereocenters. The molecule has 3 rings (SSSR count). The van der Waals surface area contributed by atoms with Gasteiger partial charge in [-0.3, -0.25) is 4.79 Å². The van der Waals surface area contributed by atoms with Crippen molar-refractivity contribution in [2.75, 3.05) is 11.5 Å². The van der Waals surface area contributed by atoms with Crippen molar-refractivity contribution < 1.29 is 4.79 Å². The summed E-state index contributed by atoms with van der Waals surface area (Å²) in [5.41, 5.74) is 13.9. The second kappa shape index (κ2) is 5.27. The van der Waals surface area contributed by atoms with E-state index in [-0.39, 0.29) is 17.5 Å². The summed E-state index contributed by atoms with van der Waals surface area (Å²) in [6, 6.07) is 10.3. The van der Waals surface area contributed by atoms with E-state index in [1.807, 2.05) is 6.92 Å². The van der Waals surface area contributed by atoms with Gasteiger partial charge in [-0.25, -0.2) is 4.98 Å². The van der Waals surface area contributed by atoms with E-state index in [2.05, 4.69) is 9.97 Å². The zero-order valence-corrected chi connectivity index (χ0v) is 12.6. The highest BCUT2D eigenvalue weighted by molar-refractivity contribution is 6.31. The number of hydrogen-bond acceptors (Lipinski definition) is 5. The van der Waals surface area contributed by atoms with E-state index in [0.29, 0.717) is 27.1 Å². The molecule has 22 heavy (non-hydrogen) atoms. The predicted octanol–water partition coefficient (Wildman–Crippen LogP) is 2.99. The van der Waals surface area contributed by atoms with Crippen molar-refractivity contribution in [2.45, 2.75) is 6.92 Å². The maximum Gasteiger partial charge on any atom is 0.222 e. The van der Waals surface area contributed by atoms with Crippen molar-refractivity contribution in [1.29, 1.82) is 0 Å². The van der Waals surface area contributed by atoms with Crippen molar-refractivity contribution >= 4 is 40.1 Å². The number of hydrogen-bond donors (Lipinski definition) is 2. The van der Waals surface area contributed by atoms with Crippen LogP contribution in [0.3, 0.4) is 0 Å². The van der Waals surface area contributed by atoms with E-state index in [0.717, 1.165) is 5.56 Å². The molecule has 0 saturated carbocycles. The third-order valence-corrected chi connectivity index (χ3v) is 3.74. The fourth-order valence-electron chi connectivity index (χ4n) is 2.47. The smallest absolute Gasteiger partial charge is 0.222 e. The standard InChI is InChI=1S/C16H13ClN4O/c1-8-11(14(22)9-3-2-4-10(17)7-9)5-6-12-13(8)15(18)21-16(19)20-12/h2-7H,1H3,(H4,18,19,20,21). The molecule has 0 aliphatic carbocycles. The molecule has 0 bridgehead atoms. The van der Waals surface area contributed by atoms with E-state index in [4.69, 9.17) is 23.1 Å². The van der Waals surface area contributed by atoms with Crippen LogP contribution in [-0.4, -0.2) is 15.8 Å². The SMILES string of the molecule is Cc1c(C(=O)c2cccc(Cl)c2)ccc2nc(N)nc(N)c12. The van der Waals surface area contributed by atoms with Gasteiger partial charge in [-0.1, -0.05) is 23.7 Å². The number of carbonyl (C=O) groups excluding carboxylic acids is 1. The van der Waals surface area contributed by atoms with Crippen LogP contribution >= 0.6 is 11.6 Å². The third kappa shape index (κ3) is 2.35. The number of aromatic nitrogens is 2. The van der Waals surface area contributed by atoms with Crippen LogP contribution in [-0.2, 0) is 0 Å². The largest absolute Gasteiger partial charge is 0.383 e. The highest BCUT2D eigenvalue weighted by Gasteiger charge is 2.16. The number of benzene rings is 2. The molecule has 0 radical (unpaired) electrons. The molecule has 1 aromatic heterocycles. The summed E-state index contributed by atoms with van der Waals surface area (Å²) >= 11 is 5.95. The second-order valence-corrected chi connectivity index (χ2v) is 5.38. The van der Waals surface area contributed by atoms with Gasteiger partial charge in [0, 0.05) is 21.5 Å². The molecule has 0 saturated heterocycles. The van der Waals surface area contributed by atoms with Gasteiger partial charge < -0.3 is 11.5 Å².